The van der Waals surface area contributed by atoms with Crippen molar-refractivity contribution in [1.29, 1.82) is 0 Å². The maximum atomic E-state index is 11.6. The van der Waals surface area contributed by atoms with E-state index in [9.17, 15) is 4.21 Å². The average Bonchev–Trinajstić information content (AvgIpc) is 3.43. The first-order chi connectivity index (χ1) is 19.1. The van der Waals surface area contributed by atoms with Crippen LogP contribution < -0.4 is 22.5 Å². The Morgan fingerprint density at radius 3 is 2.60 bits per heavy atom. The SMILES string of the molecule is O=S1CCN(Cc2ccc(-c3ccc4ncnc(Nc5ccc(OCc6ccccc6)c(Cl)c5)c4c3)o2)CC1.[Cl-]. The molecule has 3 heterocycles. The molecule has 0 spiro atoms. The molecule has 0 bridgehead atoms. The van der Waals surface area contributed by atoms with Crippen LogP contribution in [0.1, 0.15) is 11.3 Å². The second kappa shape index (κ2) is 12.8. The van der Waals surface area contributed by atoms with Gasteiger partial charge in [-0.15, -0.1) is 0 Å². The minimum absolute atomic E-state index is 0. The molecule has 0 radical (unpaired) electrons. The molecule has 0 amide bonds. The molecule has 206 valence electrons. The first-order valence-corrected chi connectivity index (χ1v) is 14.6. The zero-order chi connectivity index (χ0) is 26.6. The van der Waals surface area contributed by atoms with Gasteiger partial charge in [0.05, 0.1) is 17.1 Å². The summed E-state index contributed by atoms with van der Waals surface area (Å²) in [5, 5.41) is 4.76. The zero-order valence-electron chi connectivity index (χ0n) is 21.6. The van der Waals surface area contributed by atoms with Gasteiger partial charge < -0.3 is 26.9 Å². The van der Waals surface area contributed by atoms with E-state index in [1.54, 1.807) is 6.33 Å². The van der Waals surface area contributed by atoms with Crippen molar-refractivity contribution in [3.8, 4) is 17.1 Å². The quantitative estimate of drug-likeness (QED) is 0.295. The molecule has 1 aliphatic rings. The van der Waals surface area contributed by atoms with Gasteiger partial charge in [0.1, 0.15) is 36.0 Å². The molecule has 6 rings (SSSR count). The highest BCUT2D eigenvalue weighted by Crippen LogP contribution is 2.33. The predicted octanol–water partition coefficient (Wildman–Crippen LogP) is 3.43. The summed E-state index contributed by atoms with van der Waals surface area (Å²) in [6.45, 7) is 2.82. The van der Waals surface area contributed by atoms with Gasteiger partial charge in [-0.25, -0.2) is 9.97 Å². The molecule has 1 aliphatic heterocycles. The van der Waals surface area contributed by atoms with Gasteiger partial charge in [-0.05, 0) is 54.1 Å². The lowest BCUT2D eigenvalue weighted by Gasteiger charge is -2.24. The molecule has 5 aromatic rings. The molecular formula is C30H27Cl2N4O3S-. The van der Waals surface area contributed by atoms with Crippen molar-refractivity contribution >= 4 is 44.8 Å². The smallest absolute Gasteiger partial charge is 0.141 e. The first kappa shape index (κ1) is 28.1. The number of aromatic nitrogens is 2. The van der Waals surface area contributed by atoms with Crippen LogP contribution in [-0.4, -0.2) is 43.7 Å². The van der Waals surface area contributed by atoms with E-state index in [2.05, 4.69) is 20.2 Å². The van der Waals surface area contributed by atoms with Crippen LogP contribution in [0.5, 0.6) is 5.75 Å². The van der Waals surface area contributed by atoms with Crippen molar-refractivity contribution in [3.05, 3.63) is 102 Å². The lowest BCUT2D eigenvalue weighted by atomic mass is 10.1. The van der Waals surface area contributed by atoms with Gasteiger partial charge >= 0.3 is 0 Å². The van der Waals surface area contributed by atoms with Crippen LogP contribution in [0.3, 0.4) is 0 Å². The Bertz CT molecular complexity index is 1620. The highest BCUT2D eigenvalue weighted by Gasteiger charge is 2.17. The summed E-state index contributed by atoms with van der Waals surface area (Å²) in [7, 11) is -0.689. The normalized spacial score (nSPS) is 14.1. The zero-order valence-corrected chi connectivity index (χ0v) is 23.9. The summed E-state index contributed by atoms with van der Waals surface area (Å²) in [5.74, 6) is 4.41. The molecule has 0 unspecified atom stereocenters. The van der Waals surface area contributed by atoms with Gasteiger partial charge in [-0.1, -0.05) is 41.9 Å². The lowest BCUT2D eigenvalue weighted by molar-refractivity contribution is -0.00000965. The first-order valence-electron chi connectivity index (χ1n) is 12.8. The molecule has 1 N–H and O–H groups in total. The van der Waals surface area contributed by atoms with Crippen molar-refractivity contribution in [1.82, 2.24) is 14.9 Å². The Kier molecular flexibility index (Phi) is 9.01. The van der Waals surface area contributed by atoms with E-state index in [1.165, 1.54) is 0 Å². The summed E-state index contributed by atoms with van der Waals surface area (Å²) in [5.41, 5.74) is 3.62. The molecule has 3 aromatic carbocycles. The van der Waals surface area contributed by atoms with Crippen LogP contribution in [0, 0.1) is 0 Å². The van der Waals surface area contributed by atoms with E-state index in [-0.39, 0.29) is 12.4 Å². The number of hydrogen-bond donors (Lipinski definition) is 1. The second-order valence-electron chi connectivity index (χ2n) is 9.39. The Labute approximate surface area is 246 Å². The number of anilines is 2. The molecule has 0 atom stereocenters. The van der Waals surface area contributed by atoms with Gasteiger partial charge in [0, 0.05) is 52.0 Å². The molecule has 7 nitrogen and oxygen atoms in total. The van der Waals surface area contributed by atoms with Crippen molar-refractivity contribution in [2.24, 2.45) is 0 Å². The number of rotatable bonds is 8. The number of furan rings is 1. The summed E-state index contributed by atoms with van der Waals surface area (Å²) >= 11 is 6.54. The minimum atomic E-state index is -0.689. The standard InChI is InChI=1S/C30H27ClN4O3S.ClH/c31-26-17-23(7-10-29(26)37-19-21-4-2-1-3-5-21)34-30-25-16-22(6-9-27(25)32-20-33-30)28-11-8-24(38-28)18-35-12-14-39(36)15-13-35;/h1-11,16-17,20H,12-15,18-19H2,(H,32,33,34);1H/p-1. The van der Waals surface area contributed by atoms with Gasteiger partial charge in [0.15, 0.2) is 0 Å². The van der Waals surface area contributed by atoms with Crippen LogP contribution in [0.25, 0.3) is 22.2 Å². The van der Waals surface area contributed by atoms with Crippen LogP contribution in [0.4, 0.5) is 11.5 Å². The van der Waals surface area contributed by atoms with E-state index < -0.39 is 10.8 Å². The fourth-order valence-corrected chi connectivity index (χ4v) is 5.91. The van der Waals surface area contributed by atoms with Gasteiger partial charge in [0.25, 0.3) is 0 Å². The van der Waals surface area contributed by atoms with Crippen LogP contribution in [-0.2, 0) is 24.0 Å². The van der Waals surface area contributed by atoms with Crippen molar-refractivity contribution in [2.75, 3.05) is 29.9 Å². The summed E-state index contributed by atoms with van der Waals surface area (Å²) in [4.78, 5) is 11.2. The Morgan fingerprint density at radius 1 is 0.975 bits per heavy atom. The molecule has 0 saturated carbocycles. The molecule has 1 saturated heterocycles. The van der Waals surface area contributed by atoms with Gasteiger partial charge in [-0.3, -0.25) is 9.11 Å². The average molecular weight is 595 g/mol. The number of hydrogen-bond acceptors (Lipinski definition) is 7. The van der Waals surface area contributed by atoms with Crippen molar-refractivity contribution in [2.45, 2.75) is 13.2 Å². The fourth-order valence-electron chi connectivity index (χ4n) is 4.55. The lowest BCUT2D eigenvalue weighted by Crippen LogP contribution is -3.00. The Hall–Kier alpha value is -3.43. The van der Waals surface area contributed by atoms with Crippen LogP contribution >= 0.6 is 11.6 Å². The molecule has 2 aromatic heterocycles. The van der Waals surface area contributed by atoms with Gasteiger partial charge in [0.2, 0.25) is 0 Å². The highest BCUT2D eigenvalue weighted by molar-refractivity contribution is 7.85. The molecule has 40 heavy (non-hydrogen) atoms. The van der Waals surface area contributed by atoms with Crippen molar-refractivity contribution < 1.29 is 25.8 Å². The van der Waals surface area contributed by atoms with E-state index in [0.717, 1.165) is 63.8 Å². The van der Waals surface area contributed by atoms with E-state index >= 15 is 0 Å². The molecule has 0 aliphatic carbocycles. The molecular weight excluding hydrogens is 567 g/mol. The number of nitrogens with zero attached hydrogens (tertiary/aromatic N) is 3. The van der Waals surface area contributed by atoms with Crippen LogP contribution in [0.2, 0.25) is 5.02 Å². The van der Waals surface area contributed by atoms with Crippen LogP contribution in [0.15, 0.2) is 89.6 Å². The third-order valence-corrected chi connectivity index (χ3v) is 8.23. The molecule has 1 fully saturated rings. The number of halogens is 2. The summed E-state index contributed by atoms with van der Waals surface area (Å²) < 4.78 is 23.7. The van der Waals surface area contributed by atoms with E-state index in [1.807, 2.05) is 78.9 Å². The second-order valence-corrected chi connectivity index (χ2v) is 11.5. The maximum Gasteiger partial charge on any atom is 0.141 e. The summed E-state index contributed by atoms with van der Waals surface area (Å²) in [6, 6.07) is 25.6. The van der Waals surface area contributed by atoms with Crippen molar-refractivity contribution in [3.63, 3.8) is 0 Å². The minimum Gasteiger partial charge on any atom is -1.00 e. The Balaban J connectivity index is 0.00000323. The fraction of sp³-hybridized carbons (Fsp3) is 0.200. The number of ether oxygens (including phenoxy) is 1. The van der Waals surface area contributed by atoms with E-state index in [0.29, 0.717) is 29.7 Å². The number of fused-ring (bicyclic) bond motifs is 1. The highest BCUT2D eigenvalue weighted by atomic mass is 35.5. The third-order valence-electron chi connectivity index (χ3n) is 6.66. The maximum absolute atomic E-state index is 11.6. The largest absolute Gasteiger partial charge is 1.00 e. The van der Waals surface area contributed by atoms with E-state index in [4.69, 9.17) is 20.8 Å². The monoisotopic (exact) mass is 593 g/mol. The third kappa shape index (κ3) is 6.64. The molecule has 10 heteroatoms. The number of benzene rings is 3. The Morgan fingerprint density at radius 2 is 1.80 bits per heavy atom. The topological polar surface area (TPSA) is 80.5 Å². The number of nitrogens with one attached hydrogen (secondary N) is 1. The van der Waals surface area contributed by atoms with Gasteiger partial charge in [-0.2, -0.15) is 0 Å². The summed E-state index contributed by atoms with van der Waals surface area (Å²) in [6.07, 6.45) is 1.54. The predicted molar refractivity (Wildman–Crippen MR) is 156 cm³/mol.